The minimum Gasteiger partial charge on any atom is -0.323 e. The molecule has 1 heterocycles. The maximum Gasteiger partial charge on any atom is 0.248 e. The standard InChI is InChI=1S/C26H24N4OS/c1-19-8-10-21(11-9-19)18-32-26-29-28-25(30(26)2)22-13-15-23(16-14-22)27-24(31)17-12-20-6-4-3-5-7-20/h3-17H,18H2,1-2H3,(H,27,31)/b17-12+. The summed E-state index contributed by atoms with van der Waals surface area (Å²) in [5.41, 5.74) is 5.17. The molecule has 1 amide bonds. The lowest BCUT2D eigenvalue weighted by atomic mass is 10.2. The molecule has 160 valence electrons. The van der Waals surface area contributed by atoms with Gasteiger partial charge >= 0.3 is 0 Å². The van der Waals surface area contributed by atoms with Crippen molar-refractivity contribution in [1.29, 1.82) is 0 Å². The molecule has 4 rings (SSSR count). The van der Waals surface area contributed by atoms with E-state index in [1.165, 1.54) is 17.2 Å². The van der Waals surface area contributed by atoms with Gasteiger partial charge in [-0.05, 0) is 48.4 Å². The van der Waals surface area contributed by atoms with E-state index >= 15 is 0 Å². The highest BCUT2D eigenvalue weighted by atomic mass is 32.2. The third-order valence-corrected chi connectivity index (χ3v) is 6.05. The Hall–Kier alpha value is -3.64. The summed E-state index contributed by atoms with van der Waals surface area (Å²) in [4.78, 5) is 12.2. The van der Waals surface area contributed by atoms with E-state index in [0.29, 0.717) is 0 Å². The first-order chi connectivity index (χ1) is 15.6. The maximum absolute atomic E-state index is 12.2. The number of amides is 1. The van der Waals surface area contributed by atoms with Gasteiger partial charge in [0.15, 0.2) is 11.0 Å². The molecule has 1 aromatic heterocycles. The summed E-state index contributed by atoms with van der Waals surface area (Å²) < 4.78 is 2.00. The molecule has 0 spiro atoms. The Labute approximate surface area is 192 Å². The molecule has 1 N–H and O–H groups in total. The normalized spacial score (nSPS) is 11.1. The molecule has 0 fully saturated rings. The summed E-state index contributed by atoms with van der Waals surface area (Å²) >= 11 is 1.66. The van der Waals surface area contributed by atoms with Crippen LogP contribution in [0.5, 0.6) is 0 Å². The summed E-state index contributed by atoms with van der Waals surface area (Å²) in [7, 11) is 1.97. The monoisotopic (exact) mass is 440 g/mol. The molecule has 32 heavy (non-hydrogen) atoms. The van der Waals surface area contributed by atoms with Gasteiger partial charge in [-0.1, -0.05) is 71.9 Å². The highest BCUT2D eigenvalue weighted by molar-refractivity contribution is 7.98. The first-order valence-corrected chi connectivity index (χ1v) is 11.3. The van der Waals surface area contributed by atoms with Crippen LogP contribution in [0.4, 0.5) is 5.69 Å². The first kappa shape index (κ1) is 21.6. The number of carbonyl (C=O) groups is 1. The number of nitrogens with zero attached hydrogens (tertiary/aromatic N) is 3. The summed E-state index contributed by atoms with van der Waals surface area (Å²) in [5, 5.41) is 12.5. The quantitative estimate of drug-likeness (QED) is 0.294. The van der Waals surface area contributed by atoms with Gasteiger partial charge in [0, 0.05) is 30.1 Å². The number of rotatable bonds is 7. The molecule has 0 aliphatic rings. The average Bonchev–Trinajstić information content (AvgIpc) is 3.19. The number of aromatic nitrogens is 3. The fourth-order valence-electron chi connectivity index (χ4n) is 3.15. The number of carbonyl (C=O) groups excluding carboxylic acids is 1. The molecular formula is C26H24N4OS. The van der Waals surface area contributed by atoms with Crippen LogP contribution in [0.25, 0.3) is 17.5 Å². The van der Waals surface area contributed by atoms with Crippen molar-refractivity contribution in [2.45, 2.75) is 17.8 Å². The molecule has 3 aromatic carbocycles. The molecule has 4 aromatic rings. The lowest BCUT2D eigenvalue weighted by Crippen LogP contribution is -2.07. The number of hydrogen-bond donors (Lipinski definition) is 1. The van der Waals surface area contributed by atoms with E-state index in [1.807, 2.05) is 66.2 Å². The average molecular weight is 441 g/mol. The third kappa shape index (κ3) is 5.53. The molecule has 0 atom stereocenters. The Bertz CT molecular complexity index is 1210. The van der Waals surface area contributed by atoms with Crippen LogP contribution >= 0.6 is 11.8 Å². The minimum atomic E-state index is -0.171. The van der Waals surface area contributed by atoms with Crippen LogP contribution in [-0.2, 0) is 17.6 Å². The fraction of sp³-hybridized carbons (Fsp3) is 0.115. The number of benzene rings is 3. The molecule has 0 unspecified atom stereocenters. The van der Waals surface area contributed by atoms with Gasteiger partial charge in [0.2, 0.25) is 5.91 Å². The number of hydrogen-bond acceptors (Lipinski definition) is 4. The second-order valence-corrected chi connectivity index (χ2v) is 8.39. The summed E-state index contributed by atoms with van der Waals surface area (Å²) in [6.07, 6.45) is 3.32. The van der Waals surface area contributed by atoms with E-state index in [-0.39, 0.29) is 5.91 Å². The van der Waals surface area contributed by atoms with E-state index in [1.54, 1.807) is 17.8 Å². The summed E-state index contributed by atoms with van der Waals surface area (Å²) in [6, 6.07) is 25.9. The Kier molecular flexibility index (Phi) is 6.82. The van der Waals surface area contributed by atoms with Crippen LogP contribution in [0, 0.1) is 6.92 Å². The van der Waals surface area contributed by atoms with E-state index in [2.05, 4.69) is 46.7 Å². The molecule has 0 bridgehead atoms. The third-order valence-electron chi connectivity index (χ3n) is 4.96. The Morgan fingerprint density at radius 2 is 1.69 bits per heavy atom. The van der Waals surface area contributed by atoms with Gasteiger partial charge in [-0.2, -0.15) is 0 Å². The number of aryl methyl sites for hydroxylation is 1. The molecule has 0 saturated heterocycles. The Morgan fingerprint density at radius 3 is 2.41 bits per heavy atom. The number of nitrogens with one attached hydrogen (secondary N) is 1. The van der Waals surface area contributed by atoms with E-state index < -0.39 is 0 Å². The first-order valence-electron chi connectivity index (χ1n) is 10.3. The van der Waals surface area contributed by atoms with Crippen molar-refractivity contribution in [3.63, 3.8) is 0 Å². The van der Waals surface area contributed by atoms with Crippen molar-refractivity contribution in [3.8, 4) is 11.4 Å². The topological polar surface area (TPSA) is 59.8 Å². The molecule has 0 aliphatic heterocycles. The molecule has 0 saturated carbocycles. The zero-order chi connectivity index (χ0) is 22.3. The Morgan fingerprint density at radius 1 is 0.969 bits per heavy atom. The second-order valence-electron chi connectivity index (χ2n) is 7.45. The summed E-state index contributed by atoms with van der Waals surface area (Å²) in [6.45, 7) is 2.09. The Balaban J connectivity index is 1.38. The number of thioether (sulfide) groups is 1. The zero-order valence-electron chi connectivity index (χ0n) is 18.0. The van der Waals surface area contributed by atoms with Crippen molar-refractivity contribution >= 4 is 29.4 Å². The van der Waals surface area contributed by atoms with E-state index in [0.717, 1.165) is 33.5 Å². The van der Waals surface area contributed by atoms with Gasteiger partial charge in [0.25, 0.3) is 0 Å². The molecular weight excluding hydrogens is 416 g/mol. The van der Waals surface area contributed by atoms with Crippen LogP contribution in [0.2, 0.25) is 0 Å². The van der Waals surface area contributed by atoms with Crippen LogP contribution in [0.15, 0.2) is 90.1 Å². The largest absolute Gasteiger partial charge is 0.323 e. The van der Waals surface area contributed by atoms with Gasteiger partial charge in [-0.25, -0.2) is 0 Å². The van der Waals surface area contributed by atoms with Crippen molar-refractivity contribution < 1.29 is 4.79 Å². The van der Waals surface area contributed by atoms with Gasteiger partial charge in [-0.3, -0.25) is 4.79 Å². The second kappa shape index (κ2) is 10.1. The number of anilines is 1. The van der Waals surface area contributed by atoms with Crippen molar-refractivity contribution in [1.82, 2.24) is 14.8 Å². The molecule has 6 heteroatoms. The van der Waals surface area contributed by atoms with Gasteiger partial charge in [0.05, 0.1) is 0 Å². The SMILES string of the molecule is Cc1ccc(CSc2nnc(-c3ccc(NC(=O)/C=C/c4ccccc4)cc3)n2C)cc1. The van der Waals surface area contributed by atoms with Crippen molar-refractivity contribution in [3.05, 3.63) is 102 Å². The highest BCUT2D eigenvalue weighted by Crippen LogP contribution is 2.26. The molecule has 5 nitrogen and oxygen atoms in total. The van der Waals surface area contributed by atoms with Crippen LogP contribution in [0.3, 0.4) is 0 Å². The highest BCUT2D eigenvalue weighted by Gasteiger charge is 2.11. The van der Waals surface area contributed by atoms with Crippen LogP contribution in [0.1, 0.15) is 16.7 Å². The maximum atomic E-state index is 12.2. The van der Waals surface area contributed by atoms with Gasteiger partial charge in [0.1, 0.15) is 0 Å². The lowest BCUT2D eigenvalue weighted by molar-refractivity contribution is -0.111. The van der Waals surface area contributed by atoms with Crippen LogP contribution < -0.4 is 5.32 Å². The predicted octanol–water partition coefficient (Wildman–Crippen LogP) is 5.73. The van der Waals surface area contributed by atoms with Crippen LogP contribution in [-0.4, -0.2) is 20.7 Å². The van der Waals surface area contributed by atoms with Crippen molar-refractivity contribution in [2.75, 3.05) is 5.32 Å². The predicted molar refractivity (Wildman–Crippen MR) is 131 cm³/mol. The molecule has 0 aliphatic carbocycles. The zero-order valence-corrected chi connectivity index (χ0v) is 18.8. The minimum absolute atomic E-state index is 0.171. The fourth-order valence-corrected chi connectivity index (χ4v) is 4.01. The van der Waals surface area contributed by atoms with Crippen molar-refractivity contribution in [2.24, 2.45) is 7.05 Å². The van der Waals surface area contributed by atoms with E-state index in [4.69, 9.17) is 0 Å². The van der Waals surface area contributed by atoms with Gasteiger partial charge in [-0.15, -0.1) is 10.2 Å². The smallest absolute Gasteiger partial charge is 0.248 e. The molecule has 0 radical (unpaired) electrons. The van der Waals surface area contributed by atoms with E-state index in [9.17, 15) is 4.79 Å². The lowest BCUT2D eigenvalue weighted by Gasteiger charge is -2.06. The summed E-state index contributed by atoms with van der Waals surface area (Å²) in [5.74, 6) is 1.46. The van der Waals surface area contributed by atoms with Gasteiger partial charge < -0.3 is 9.88 Å².